The lowest BCUT2D eigenvalue weighted by molar-refractivity contribution is 0.435. The van der Waals surface area contributed by atoms with Crippen LogP contribution >= 0.6 is 0 Å². The number of aromatic nitrogens is 3. The number of hydrogen-bond donors (Lipinski definition) is 1. The number of para-hydroxylation sites is 2. The maximum Gasteiger partial charge on any atom is 0.295 e. The first kappa shape index (κ1) is 11.8. The second kappa shape index (κ2) is 4.76. The second-order valence-electron chi connectivity index (χ2n) is 4.65. The van der Waals surface area contributed by atoms with E-state index in [2.05, 4.69) is 29.2 Å². The van der Waals surface area contributed by atoms with E-state index in [1.54, 1.807) is 6.20 Å². The molecule has 0 fully saturated rings. The molecule has 1 aromatic carbocycles. The summed E-state index contributed by atoms with van der Waals surface area (Å²) in [7, 11) is 0. The molecular weight excluding hydrogens is 240 g/mol. The number of anilines is 1. The normalized spacial score (nSPS) is 14.4. The van der Waals surface area contributed by atoms with Crippen LogP contribution in [0.4, 0.5) is 6.01 Å². The highest BCUT2D eigenvalue weighted by Crippen LogP contribution is 2.20. The van der Waals surface area contributed by atoms with E-state index in [1.807, 2.05) is 41.2 Å². The fourth-order valence-corrected chi connectivity index (χ4v) is 2.00. The van der Waals surface area contributed by atoms with Crippen LogP contribution in [0.3, 0.4) is 0 Å². The summed E-state index contributed by atoms with van der Waals surface area (Å²) in [5.74, 6) is 0. The van der Waals surface area contributed by atoms with Gasteiger partial charge >= 0.3 is 0 Å². The molecule has 3 aromatic rings. The van der Waals surface area contributed by atoms with Crippen molar-refractivity contribution in [2.45, 2.75) is 25.9 Å². The van der Waals surface area contributed by atoms with Crippen LogP contribution in [-0.4, -0.2) is 20.8 Å². The highest BCUT2D eigenvalue weighted by atomic mass is 16.4. The number of hydrogen-bond acceptors (Lipinski definition) is 4. The van der Waals surface area contributed by atoms with Gasteiger partial charge in [-0.25, -0.2) is 0 Å². The van der Waals surface area contributed by atoms with Crippen molar-refractivity contribution in [1.29, 1.82) is 0 Å². The van der Waals surface area contributed by atoms with Crippen molar-refractivity contribution in [3.05, 3.63) is 42.7 Å². The lowest BCUT2D eigenvalue weighted by Crippen LogP contribution is -2.27. The van der Waals surface area contributed by atoms with Gasteiger partial charge in [0.05, 0.1) is 6.04 Å². The molecule has 0 unspecified atom stereocenters. The minimum atomic E-state index is 0.160. The fourth-order valence-electron chi connectivity index (χ4n) is 2.00. The molecule has 0 saturated carbocycles. The molecule has 0 spiro atoms. The van der Waals surface area contributed by atoms with Gasteiger partial charge in [-0.2, -0.15) is 10.1 Å². The molecule has 2 aromatic heterocycles. The number of oxazole rings is 1. The highest BCUT2D eigenvalue weighted by molar-refractivity contribution is 5.74. The molecule has 5 heteroatoms. The molecule has 0 aliphatic carbocycles. The third-order valence-corrected chi connectivity index (χ3v) is 3.31. The molecular formula is C14H16N4O. The van der Waals surface area contributed by atoms with Gasteiger partial charge in [-0.3, -0.25) is 4.68 Å². The monoisotopic (exact) mass is 256 g/mol. The number of rotatable bonds is 4. The summed E-state index contributed by atoms with van der Waals surface area (Å²) >= 11 is 0. The van der Waals surface area contributed by atoms with Gasteiger partial charge in [0.1, 0.15) is 5.52 Å². The predicted octanol–water partition coefficient (Wildman–Crippen LogP) is 3.09. The molecule has 0 aliphatic heterocycles. The Morgan fingerprint density at radius 2 is 2.05 bits per heavy atom. The van der Waals surface area contributed by atoms with Gasteiger partial charge in [-0.05, 0) is 32.0 Å². The van der Waals surface area contributed by atoms with Crippen molar-refractivity contribution >= 4 is 17.1 Å². The van der Waals surface area contributed by atoms with Crippen LogP contribution in [0, 0.1) is 0 Å². The van der Waals surface area contributed by atoms with E-state index in [0.717, 1.165) is 11.1 Å². The Morgan fingerprint density at radius 3 is 2.79 bits per heavy atom. The number of nitrogens with one attached hydrogen (secondary N) is 1. The lowest BCUT2D eigenvalue weighted by atomic mass is 10.2. The Hall–Kier alpha value is -2.30. The predicted molar refractivity (Wildman–Crippen MR) is 74.0 cm³/mol. The zero-order chi connectivity index (χ0) is 13.2. The number of fused-ring (bicyclic) bond motifs is 1. The van der Waals surface area contributed by atoms with Gasteiger partial charge in [0.25, 0.3) is 6.01 Å². The zero-order valence-corrected chi connectivity index (χ0v) is 10.9. The van der Waals surface area contributed by atoms with E-state index in [0.29, 0.717) is 6.01 Å². The molecule has 5 nitrogen and oxygen atoms in total. The Bertz CT molecular complexity index is 626. The van der Waals surface area contributed by atoms with Crippen LogP contribution in [0.2, 0.25) is 0 Å². The minimum Gasteiger partial charge on any atom is -0.424 e. The average molecular weight is 256 g/mol. The Labute approximate surface area is 111 Å². The molecule has 98 valence electrons. The van der Waals surface area contributed by atoms with Gasteiger partial charge in [0.15, 0.2) is 5.58 Å². The van der Waals surface area contributed by atoms with Crippen LogP contribution in [-0.2, 0) is 0 Å². The van der Waals surface area contributed by atoms with Crippen LogP contribution in [0.25, 0.3) is 11.1 Å². The summed E-state index contributed by atoms with van der Waals surface area (Å²) in [5.41, 5.74) is 1.66. The van der Waals surface area contributed by atoms with E-state index in [-0.39, 0.29) is 12.1 Å². The average Bonchev–Trinajstić information content (AvgIpc) is 3.06. The maximum atomic E-state index is 5.65. The number of benzene rings is 1. The van der Waals surface area contributed by atoms with Crippen molar-refractivity contribution in [2.75, 3.05) is 5.32 Å². The summed E-state index contributed by atoms with van der Waals surface area (Å²) in [6.07, 6.45) is 3.73. The fraction of sp³-hybridized carbons (Fsp3) is 0.286. The Morgan fingerprint density at radius 1 is 1.21 bits per heavy atom. The molecule has 0 amide bonds. The van der Waals surface area contributed by atoms with Crippen molar-refractivity contribution in [3.8, 4) is 0 Å². The molecule has 2 heterocycles. The Balaban J connectivity index is 1.77. The first-order valence-corrected chi connectivity index (χ1v) is 6.35. The SMILES string of the molecule is C[C@H](Nc1nc2ccccc2o1)[C@H](C)n1cccn1. The largest absolute Gasteiger partial charge is 0.424 e. The van der Waals surface area contributed by atoms with Crippen LogP contribution in [0.1, 0.15) is 19.9 Å². The van der Waals surface area contributed by atoms with Gasteiger partial charge in [-0.15, -0.1) is 0 Å². The molecule has 0 bridgehead atoms. The highest BCUT2D eigenvalue weighted by Gasteiger charge is 2.16. The van der Waals surface area contributed by atoms with Crippen molar-refractivity contribution in [1.82, 2.24) is 14.8 Å². The third kappa shape index (κ3) is 2.31. The smallest absolute Gasteiger partial charge is 0.295 e. The summed E-state index contributed by atoms with van der Waals surface area (Å²) in [6, 6.07) is 10.6. The summed E-state index contributed by atoms with van der Waals surface area (Å²) in [6.45, 7) is 4.19. The van der Waals surface area contributed by atoms with E-state index in [9.17, 15) is 0 Å². The molecule has 0 aliphatic rings. The Kier molecular flexibility index (Phi) is 2.95. The van der Waals surface area contributed by atoms with Crippen LogP contribution in [0.15, 0.2) is 47.1 Å². The van der Waals surface area contributed by atoms with Gasteiger partial charge < -0.3 is 9.73 Å². The quantitative estimate of drug-likeness (QED) is 0.779. The van der Waals surface area contributed by atoms with Crippen molar-refractivity contribution in [2.24, 2.45) is 0 Å². The van der Waals surface area contributed by atoms with E-state index in [4.69, 9.17) is 4.42 Å². The first-order valence-electron chi connectivity index (χ1n) is 6.35. The van der Waals surface area contributed by atoms with Gasteiger partial charge in [0.2, 0.25) is 0 Å². The third-order valence-electron chi connectivity index (χ3n) is 3.31. The zero-order valence-electron chi connectivity index (χ0n) is 10.9. The van der Waals surface area contributed by atoms with Crippen molar-refractivity contribution in [3.63, 3.8) is 0 Å². The molecule has 0 saturated heterocycles. The molecule has 2 atom stereocenters. The minimum absolute atomic E-state index is 0.160. The van der Waals surface area contributed by atoms with E-state index < -0.39 is 0 Å². The first-order chi connectivity index (χ1) is 9.24. The molecule has 3 rings (SSSR count). The summed E-state index contributed by atoms with van der Waals surface area (Å²) in [4.78, 5) is 4.41. The lowest BCUT2D eigenvalue weighted by Gasteiger charge is -2.20. The molecule has 1 N–H and O–H groups in total. The summed E-state index contributed by atoms with van der Waals surface area (Å²) in [5, 5.41) is 7.53. The van der Waals surface area contributed by atoms with Gasteiger partial charge in [-0.1, -0.05) is 12.1 Å². The molecule has 0 radical (unpaired) electrons. The van der Waals surface area contributed by atoms with Crippen LogP contribution in [0.5, 0.6) is 0 Å². The second-order valence-corrected chi connectivity index (χ2v) is 4.65. The van der Waals surface area contributed by atoms with Crippen molar-refractivity contribution < 1.29 is 4.42 Å². The van der Waals surface area contributed by atoms with Gasteiger partial charge in [0, 0.05) is 18.4 Å². The number of nitrogens with zero attached hydrogens (tertiary/aromatic N) is 3. The topological polar surface area (TPSA) is 55.9 Å². The maximum absolute atomic E-state index is 5.65. The standard InChI is InChI=1S/C14H16N4O/c1-10(11(2)18-9-5-8-15-18)16-14-17-12-6-3-4-7-13(12)19-14/h3-11H,1-2H3,(H,16,17)/t10-,11-/m0/s1. The van der Waals surface area contributed by atoms with E-state index >= 15 is 0 Å². The molecule has 19 heavy (non-hydrogen) atoms. The summed E-state index contributed by atoms with van der Waals surface area (Å²) < 4.78 is 7.57. The van der Waals surface area contributed by atoms with E-state index in [1.165, 1.54) is 0 Å². The van der Waals surface area contributed by atoms with Crippen LogP contribution < -0.4 is 5.32 Å².